The Labute approximate surface area is 201 Å². The first-order valence-electron chi connectivity index (χ1n) is 10.6. The predicted molar refractivity (Wildman–Crippen MR) is 133 cm³/mol. The number of hydrogen-bond donors (Lipinski definition) is 2. The van der Waals surface area contributed by atoms with Crippen molar-refractivity contribution in [2.45, 2.75) is 11.8 Å². The number of fused-ring (bicyclic) bond motifs is 1. The molecule has 35 heavy (non-hydrogen) atoms. The first kappa shape index (κ1) is 22.4. The summed E-state index contributed by atoms with van der Waals surface area (Å²) in [6.07, 6.45) is 1.18. The Balaban J connectivity index is 1.43. The second-order valence-corrected chi connectivity index (χ2v) is 10.1. The van der Waals surface area contributed by atoms with Crippen molar-refractivity contribution in [2.75, 3.05) is 17.3 Å². The number of nitrogen functional groups attached to an aromatic ring is 1. The van der Waals surface area contributed by atoms with Gasteiger partial charge >= 0.3 is 0 Å². The van der Waals surface area contributed by atoms with E-state index in [0.29, 0.717) is 39.3 Å². The molecule has 0 aliphatic heterocycles. The molecule has 3 aromatic carbocycles. The molecule has 0 saturated heterocycles. The van der Waals surface area contributed by atoms with E-state index in [-0.39, 0.29) is 16.6 Å². The van der Waals surface area contributed by atoms with Gasteiger partial charge in [-0.25, -0.2) is 13.1 Å². The van der Waals surface area contributed by atoms with Gasteiger partial charge in [0.15, 0.2) is 21.2 Å². The maximum atomic E-state index is 13.1. The number of nitrogens with two attached hydrogens (primary N) is 1. The van der Waals surface area contributed by atoms with Crippen LogP contribution in [0.3, 0.4) is 0 Å². The highest BCUT2D eigenvalue weighted by molar-refractivity contribution is 7.90. The first-order valence-corrected chi connectivity index (χ1v) is 12.5. The van der Waals surface area contributed by atoms with E-state index >= 15 is 0 Å². The van der Waals surface area contributed by atoms with Gasteiger partial charge in [0.1, 0.15) is 5.69 Å². The molecule has 9 nitrogen and oxygen atoms in total. The van der Waals surface area contributed by atoms with Crippen molar-refractivity contribution < 1.29 is 17.7 Å². The van der Waals surface area contributed by atoms with Crippen LogP contribution in [0.4, 0.5) is 11.5 Å². The van der Waals surface area contributed by atoms with Gasteiger partial charge in [-0.15, -0.1) is 0 Å². The Kier molecular flexibility index (Phi) is 5.37. The second-order valence-electron chi connectivity index (χ2n) is 8.13. The SMILES string of the molecule is Cc1cc(C(=O)Nc2ccc(-c3ccccc3S(C)(=O)=O)cc2)n(-c2ccc3onc(N)c3c2)n1. The minimum Gasteiger partial charge on any atom is -0.380 e. The van der Waals surface area contributed by atoms with Crippen molar-refractivity contribution in [3.8, 4) is 16.8 Å². The number of carbonyl (C=O) groups excluding carboxylic acids is 1. The molecule has 5 aromatic rings. The van der Waals surface area contributed by atoms with Crippen LogP contribution in [0.1, 0.15) is 16.2 Å². The van der Waals surface area contributed by atoms with Crippen molar-refractivity contribution in [3.05, 3.63) is 84.2 Å². The van der Waals surface area contributed by atoms with E-state index in [2.05, 4.69) is 15.6 Å². The topological polar surface area (TPSA) is 133 Å². The highest BCUT2D eigenvalue weighted by Crippen LogP contribution is 2.29. The molecule has 176 valence electrons. The second kappa shape index (κ2) is 8.41. The molecular weight excluding hydrogens is 466 g/mol. The van der Waals surface area contributed by atoms with Crippen molar-refractivity contribution in [3.63, 3.8) is 0 Å². The summed E-state index contributed by atoms with van der Waals surface area (Å²) in [5.41, 5.74) is 9.93. The van der Waals surface area contributed by atoms with Crippen LogP contribution in [-0.4, -0.2) is 35.5 Å². The molecule has 5 rings (SSSR count). The number of rotatable bonds is 5. The fourth-order valence-electron chi connectivity index (χ4n) is 3.89. The molecule has 3 N–H and O–H groups in total. The van der Waals surface area contributed by atoms with E-state index < -0.39 is 9.84 Å². The van der Waals surface area contributed by atoms with Crippen LogP contribution < -0.4 is 11.1 Å². The maximum Gasteiger partial charge on any atom is 0.274 e. The molecule has 0 aliphatic carbocycles. The van der Waals surface area contributed by atoms with Crippen LogP contribution in [0.15, 0.2) is 82.2 Å². The van der Waals surface area contributed by atoms with Crippen molar-refractivity contribution in [1.82, 2.24) is 14.9 Å². The summed E-state index contributed by atoms with van der Waals surface area (Å²) in [4.78, 5) is 13.4. The van der Waals surface area contributed by atoms with Gasteiger partial charge in [0.25, 0.3) is 5.91 Å². The number of aromatic nitrogens is 3. The zero-order valence-electron chi connectivity index (χ0n) is 18.9. The smallest absolute Gasteiger partial charge is 0.274 e. The lowest BCUT2D eigenvalue weighted by Gasteiger charge is -2.11. The van der Waals surface area contributed by atoms with Gasteiger partial charge in [-0.1, -0.05) is 35.5 Å². The standard InChI is InChI=1S/C25H21N5O4S/c1-15-13-21(30(28-15)18-11-12-22-20(14-18)24(26)29-34-22)25(31)27-17-9-7-16(8-10-17)19-5-3-4-6-23(19)35(2,32)33/h3-14H,1-2H3,(H2,26,29)(H,27,31). The molecule has 2 aromatic heterocycles. The molecular formula is C25H21N5O4S. The highest BCUT2D eigenvalue weighted by Gasteiger charge is 2.18. The summed E-state index contributed by atoms with van der Waals surface area (Å²) >= 11 is 0. The van der Waals surface area contributed by atoms with E-state index in [4.69, 9.17) is 10.3 Å². The van der Waals surface area contributed by atoms with E-state index in [1.807, 2.05) is 0 Å². The monoisotopic (exact) mass is 487 g/mol. The van der Waals surface area contributed by atoms with Gasteiger partial charge in [-0.2, -0.15) is 5.10 Å². The minimum atomic E-state index is -3.39. The van der Waals surface area contributed by atoms with Crippen LogP contribution in [0.5, 0.6) is 0 Å². The minimum absolute atomic E-state index is 0.251. The number of benzene rings is 3. The lowest BCUT2D eigenvalue weighted by atomic mass is 10.1. The van der Waals surface area contributed by atoms with Gasteiger partial charge in [0.05, 0.1) is 21.7 Å². The number of carbonyl (C=O) groups is 1. The average molecular weight is 488 g/mol. The third kappa shape index (κ3) is 4.26. The van der Waals surface area contributed by atoms with Crippen molar-refractivity contribution >= 4 is 38.2 Å². The summed E-state index contributed by atoms with van der Waals surface area (Å²) in [5.74, 6) is -0.0949. The maximum absolute atomic E-state index is 13.1. The van der Waals surface area contributed by atoms with E-state index in [1.165, 1.54) is 10.9 Å². The Morgan fingerprint density at radius 1 is 1.03 bits per heavy atom. The quantitative estimate of drug-likeness (QED) is 0.379. The molecule has 10 heteroatoms. The van der Waals surface area contributed by atoms with Gasteiger partial charge in [-0.3, -0.25) is 4.79 Å². The Bertz CT molecular complexity index is 1680. The number of amides is 1. The largest absolute Gasteiger partial charge is 0.380 e. The van der Waals surface area contributed by atoms with Crippen LogP contribution >= 0.6 is 0 Å². The van der Waals surface area contributed by atoms with E-state index in [9.17, 15) is 13.2 Å². The van der Waals surface area contributed by atoms with Crippen LogP contribution in [0.2, 0.25) is 0 Å². The number of hydrogen-bond acceptors (Lipinski definition) is 7. The zero-order valence-corrected chi connectivity index (χ0v) is 19.7. The number of aryl methyl sites for hydroxylation is 1. The molecule has 0 unspecified atom stereocenters. The lowest BCUT2D eigenvalue weighted by Crippen LogP contribution is -2.17. The normalized spacial score (nSPS) is 11.6. The molecule has 1 amide bonds. The summed E-state index contributed by atoms with van der Waals surface area (Å²) < 4.78 is 31.0. The molecule has 2 heterocycles. The van der Waals surface area contributed by atoms with Gasteiger partial charge in [0, 0.05) is 17.5 Å². The zero-order chi connectivity index (χ0) is 24.7. The average Bonchev–Trinajstić information content (AvgIpc) is 3.41. The van der Waals surface area contributed by atoms with E-state index in [1.54, 1.807) is 79.7 Å². The fraction of sp³-hybridized carbons (Fsp3) is 0.0800. The third-order valence-electron chi connectivity index (χ3n) is 5.53. The molecule has 0 radical (unpaired) electrons. The fourth-order valence-corrected chi connectivity index (χ4v) is 4.80. The Hall–Kier alpha value is -4.44. The third-order valence-corrected chi connectivity index (χ3v) is 6.69. The Morgan fingerprint density at radius 2 is 1.77 bits per heavy atom. The molecule has 0 saturated carbocycles. The van der Waals surface area contributed by atoms with Crippen LogP contribution in [-0.2, 0) is 9.84 Å². The van der Waals surface area contributed by atoms with Gasteiger partial charge < -0.3 is 15.6 Å². The predicted octanol–water partition coefficient (Wildman–Crippen LogP) is 4.23. The summed E-state index contributed by atoms with van der Waals surface area (Å²) in [6, 6.07) is 20.7. The van der Waals surface area contributed by atoms with Gasteiger partial charge in [-0.05, 0) is 55.0 Å². The lowest BCUT2D eigenvalue weighted by molar-refractivity contribution is 0.101. The number of sulfone groups is 1. The summed E-state index contributed by atoms with van der Waals surface area (Å²) in [7, 11) is -3.39. The molecule has 0 fully saturated rings. The van der Waals surface area contributed by atoms with Crippen molar-refractivity contribution in [2.24, 2.45) is 0 Å². The van der Waals surface area contributed by atoms with Gasteiger partial charge in [0.2, 0.25) is 0 Å². The van der Waals surface area contributed by atoms with E-state index in [0.717, 1.165) is 5.56 Å². The highest BCUT2D eigenvalue weighted by atomic mass is 32.2. The van der Waals surface area contributed by atoms with Crippen LogP contribution in [0, 0.1) is 6.92 Å². The first-order chi connectivity index (χ1) is 16.7. The number of nitrogens with one attached hydrogen (secondary N) is 1. The number of nitrogens with zero attached hydrogens (tertiary/aromatic N) is 3. The molecule has 0 bridgehead atoms. The summed E-state index contributed by atoms with van der Waals surface area (Å²) in [6.45, 7) is 1.80. The van der Waals surface area contributed by atoms with Crippen LogP contribution in [0.25, 0.3) is 27.8 Å². The molecule has 0 spiro atoms. The molecule has 0 atom stereocenters. The molecule has 0 aliphatic rings. The van der Waals surface area contributed by atoms with Crippen molar-refractivity contribution in [1.29, 1.82) is 0 Å². The summed E-state index contributed by atoms with van der Waals surface area (Å²) in [5, 5.41) is 11.7. The Morgan fingerprint density at radius 3 is 2.51 bits per heavy atom. The number of anilines is 2.